The van der Waals surface area contributed by atoms with Gasteiger partial charge in [-0.2, -0.15) is 11.8 Å². The number of fused-ring (bicyclic) bond motifs is 1. The molecule has 29 heavy (non-hydrogen) atoms. The molecule has 0 saturated carbocycles. The molecule has 3 rings (SSSR count). The fourth-order valence-electron chi connectivity index (χ4n) is 3.50. The molecule has 5 nitrogen and oxygen atoms in total. The van der Waals surface area contributed by atoms with E-state index in [1.807, 2.05) is 24.3 Å². The molecule has 2 aromatic rings. The number of amides is 2. The number of thioether (sulfide) groups is 1. The quantitative estimate of drug-likeness (QED) is 0.572. The Labute approximate surface area is 180 Å². The van der Waals surface area contributed by atoms with Gasteiger partial charge in [-0.1, -0.05) is 12.1 Å². The second-order valence-corrected chi connectivity index (χ2v) is 9.07. The van der Waals surface area contributed by atoms with E-state index in [1.165, 1.54) is 10.4 Å². The first-order valence-electron chi connectivity index (χ1n) is 9.95. The van der Waals surface area contributed by atoms with Gasteiger partial charge in [-0.15, -0.1) is 11.3 Å². The lowest BCUT2D eigenvalue weighted by Gasteiger charge is -2.13. The normalized spacial score (nSPS) is 13.0. The fraction of sp³-hybridized carbons (Fsp3) is 0.455. The summed E-state index contributed by atoms with van der Waals surface area (Å²) < 4.78 is 5.05. The van der Waals surface area contributed by atoms with E-state index in [1.54, 1.807) is 30.2 Å². The number of methoxy groups -OCH3 is 1. The van der Waals surface area contributed by atoms with Crippen molar-refractivity contribution in [3.8, 4) is 0 Å². The molecule has 1 aromatic carbocycles. The van der Waals surface area contributed by atoms with Crippen LogP contribution in [0.1, 0.15) is 56.0 Å². The Balaban J connectivity index is 1.77. The molecule has 0 spiro atoms. The smallest absolute Gasteiger partial charge is 0.256 e. The molecular formula is C22H28N2O3S2. The molecule has 1 aliphatic rings. The van der Waals surface area contributed by atoms with Crippen LogP contribution in [0.2, 0.25) is 0 Å². The maximum Gasteiger partial charge on any atom is 0.256 e. The Morgan fingerprint density at radius 1 is 1.14 bits per heavy atom. The standard InChI is InChI=1S/C22H28N2O3S2/c1-27-13-5-12-23-21(26)19-17-6-3-4-7-18(17)29-22(19)24-20(25)16-10-8-15(9-11-16)14-28-2/h8-11H,3-7,12-14H2,1-2H3,(H,23,26)(H,24,25). The highest BCUT2D eigenvalue weighted by Crippen LogP contribution is 2.38. The van der Waals surface area contributed by atoms with Crippen LogP contribution in [0, 0.1) is 0 Å². The molecule has 2 amide bonds. The second kappa shape index (κ2) is 10.8. The molecule has 0 radical (unpaired) electrons. The minimum atomic E-state index is -0.173. The van der Waals surface area contributed by atoms with Crippen LogP contribution < -0.4 is 10.6 Å². The van der Waals surface area contributed by atoms with Crippen molar-refractivity contribution in [3.63, 3.8) is 0 Å². The van der Waals surface area contributed by atoms with Crippen LogP contribution in [-0.4, -0.2) is 38.3 Å². The maximum absolute atomic E-state index is 12.9. The summed E-state index contributed by atoms with van der Waals surface area (Å²) in [5.74, 6) is 0.645. The van der Waals surface area contributed by atoms with E-state index < -0.39 is 0 Å². The first kappa shape index (κ1) is 21.9. The molecule has 1 aromatic heterocycles. The van der Waals surface area contributed by atoms with Crippen LogP contribution in [0.4, 0.5) is 5.00 Å². The summed E-state index contributed by atoms with van der Waals surface area (Å²) in [5.41, 5.74) is 3.55. The third-order valence-corrected chi connectivity index (χ3v) is 6.79. The van der Waals surface area contributed by atoms with Crippen molar-refractivity contribution in [1.29, 1.82) is 0 Å². The average Bonchev–Trinajstić information content (AvgIpc) is 3.09. The van der Waals surface area contributed by atoms with Gasteiger partial charge in [-0.3, -0.25) is 9.59 Å². The molecule has 0 aliphatic heterocycles. The molecule has 7 heteroatoms. The number of hydrogen-bond acceptors (Lipinski definition) is 5. The zero-order chi connectivity index (χ0) is 20.6. The lowest BCUT2D eigenvalue weighted by molar-refractivity contribution is 0.0948. The van der Waals surface area contributed by atoms with Crippen LogP contribution >= 0.6 is 23.1 Å². The van der Waals surface area contributed by atoms with Crippen molar-refractivity contribution < 1.29 is 14.3 Å². The Morgan fingerprint density at radius 3 is 2.62 bits per heavy atom. The number of aryl methyl sites for hydroxylation is 1. The average molecular weight is 433 g/mol. The minimum absolute atomic E-state index is 0.105. The van der Waals surface area contributed by atoms with Crippen molar-refractivity contribution in [2.24, 2.45) is 0 Å². The van der Waals surface area contributed by atoms with Gasteiger partial charge in [0.25, 0.3) is 11.8 Å². The van der Waals surface area contributed by atoms with Crippen molar-refractivity contribution in [1.82, 2.24) is 5.32 Å². The molecule has 1 heterocycles. The number of rotatable bonds is 9. The Bertz CT molecular complexity index is 846. The van der Waals surface area contributed by atoms with E-state index in [-0.39, 0.29) is 11.8 Å². The molecule has 156 valence electrons. The lowest BCUT2D eigenvalue weighted by atomic mass is 9.95. The number of thiophene rings is 1. The molecule has 0 bridgehead atoms. The summed E-state index contributed by atoms with van der Waals surface area (Å²) in [4.78, 5) is 26.9. The van der Waals surface area contributed by atoms with Crippen molar-refractivity contribution >= 4 is 39.9 Å². The number of anilines is 1. The van der Waals surface area contributed by atoms with Gasteiger partial charge in [0.1, 0.15) is 5.00 Å². The third-order valence-electron chi connectivity index (χ3n) is 4.96. The van der Waals surface area contributed by atoms with Gasteiger partial charge in [0.2, 0.25) is 0 Å². The highest BCUT2D eigenvalue weighted by atomic mass is 32.2. The number of benzene rings is 1. The van der Waals surface area contributed by atoms with Crippen LogP contribution in [-0.2, 0) is 23.3 Å². The summed E-state index contributed by atoms with van der Waals surface area (Å²) >= 11 is 3.30. The van der Waals surface area contributed by atoms with E-state index in [2.05, 4.69) is 16.9 Å². The van der Waals surface area contributed by atoms with E-state index in [9.17, 15) is 9.59 Å². The van der Waals surface area contributed by atoms with E-state index >= 15 is 0 Å². The number of nitrogens with one attached hydrogen (secondary N) is 2. The largest absolute Gasteiger partial charge is 0.385 e. The van der Waals surface area contributed by atoms with Gasteiger partial charge in [-0.05, 0) is 61.6 Å². The molecule has 0 unspecified atom stereocenters. The highest BCUT2D eigenvalue weighted by molar-refractivity contribution is 7.97. The van der Waals surface area contributed by atoms with Crippen LogP contribution in [0.3, 0.4) is 0 Å². The Kier molecular flexibility index (Phi) is 8.15. The first-order valence-corrected chi connectivity index (χ1v) is 12.2. The third kappa shape index (κ3) is 5.62. The SMILES string of the molecule is COCCCNC(=O)c1c(NC(=O)c2ccc(CSC)cc2)sc2c1CCCC2. The molecule has 0 fully saturated rings. The van der Waals surface area contributed by atoms with Crippen molar-refractivity contribution in [3.05, 3.63) is 51.4 Å². The van der Waals surface area contributed by atoms with Crippen molar-refractivity contribution in [2.75, 3.05) is 31.8 Å². The zero-order valence-corrected chi connectivity index (χ0v) is 18.6. The second-order valence-electron chi connectivity index (χ2n) is 7.10. The minimum Gasteiger partial charge on any atom is -0.385 e. The zero-order valence-electron chi connectivity index (χ0n) is 17.0. The van der Waals surface area contributed by atoms with Gasteiger partial charge < -0.3 is 15.4 Å². The van der Waals surface area contributed by atoms with Gasteiger partial charge in [0.05, 0.1) is 5.56 Å². The topological polar surface area (TPSA) is 67.4 Å². The molecule has 1 aliphatic carbocycles. The fourth-order valence-corrected chi connectivity index (χ4v) is 5.30. The summed E-state index contributed by atoms with van der Waals surface area (Å²) in [6.07, 6.45) is 6.90. The summed E-state index contributed by atoms with van der Waals surface area (Å²) in [7, 11) is 1.65. The van der Waals surface area contributed by atoms with E-state index in [0.717, 1.165) is 43.4 Å². The molecular weight excluding hydrogens is 404 g/mol. The van der Waals surface area contributed by atoms with Gasteiger partial charge in [0.15, 0.2) is 0 Å². The van der Waals surface area contributed by atoms with Crippen LogP contribution in [0.5, 0.6) is 0 Å². The van der Waals surface area contributed by atoms with E-state index in [4.69, 9.17) is 4.74 Å². The lowest BCUT2D eigenvalue weighted by Crippen LogP contribution is -2.27. The number of hydrogen-bond donors (Lipinski definition) is 2. The number of ether oxygens (including phenoxy) is 1. The van der Waals surface area contributed by atoms with Crippen LogP contribution in [0.25, 0.3) is 0 Å². The summed E-state index contributed by atoms with van der Waals surface area (Å²) in [6.45, 7) is 1.17. The van der Waals surface area contributed by atoms with E-state index in [0.29, 0.717) is 29.3 Å². The molecule has 0 atom stereocenters. The predicted octanol–water partition coefficient (Wildman–Crippen LogP) is 4.51. The number of carbonyl (C=O) groups excluding carboxylic acids is 2. The van der Waals surface area contributed by atoms with Crippen LogP contribution in [0.15, 0.2) is 24.3 Å². The Morgan fingerprint density at radius 2 is 1.90 bits per heavy atom. The number of carbonyl (C=O) groups is 2. The monoisotopic (exact) mass is 432 g/mol. The predicted molar refractivity (Wildman–Crippen MR) is 121 cm³/mol. The highest BCUT2D eigenvalue weighted by Gasteiger charge is 2.26. The van der Waals surface area contributed by atoms with Gasteiger partial charge in [-0.25, -0.2) is 0 Å². The summed E-state index contributed by atoms with van der Waals surface area (Å²) in [5, 5.41) is 6.65. The van der Waals surface area contributed by atoms with Gasteiger partial charge >= 0.3 is 0 Å². The Hall–Kier alpha value is -1.83. The summed E-state index contributed by atoms with van der Waals surface area (Å²) in [6, 6.07) is 7.65. The van der Waals surface area contributed by atoms with Gasteiger partial charge in [0, 0.05) is 36.5 Å². The first-order chi connectivity index (χ1) is 14.1. The molecule has 0 saturated heterocycles. The van der Waals surface area contributed by atoms with Crippen molar-refractivity contribution in [2.45, 2.75) is 37.9 Å². The molecule has 2 N–H and O–H groups in total. The maximum atomic E-state index is 12.9.